The van der Waals surface area contributed by atoms with E-state index in [1.54, 1.807) is 18.3 Å². The van der Waals surface area contributed by atoms with Crippen LogP contribution in [0.15, 0.2) is 59.9 Å². The van der Waals surface area contributed by atoms with Crippen molar-refractivity contribution in [3.63, 3.8) is 0 Å². The minimum atomic E-state index is -4.51. The molecule has 0 amide bonds. The number of aromatic nitrogens is 3. The normalized spacial score (nSPS) is 11.4. The van der Waals surface area contributed by atoms with E-state index < -0.39 is 32.4 Å². The number of anilines is 3. The summed E-state index contributed by atoms with van der Waals surface area (Å²) in [5, 5.41) is 2.81. The molecule has 0 unspecified atom stereocenters. The molecule has 3 aromatic heterocycles. The predicted octanol–water partition coefficient (Wildman–Crippen LogP) is 5.77. The van der Waals surface area contributed by atoms with Gasteiger partial charge in [-0.3, -0.25) is 9.71 Å². The van der Waals surface area contributed by atoms with Crippen LogP contribution in [0, 0.1) is 31.3 Å². The van der Waals surface area contributed by atoms with Crippen molar-refractivity contribution in [2.24, 2.45) is 0 Å². The van der Waals surface area contributed by atoms with Crippen molar-refractivity contribution in [2.45, 2.75) is 18.7 Å². The van der Waals surface area contributed by atoms with Gasteiger partial charge in [0.2, 0.25) is 0 Å². The first-order valence-electron chi connectivity index (χ1n) is 10.0. The van der Waals surface area contributed by atoms with Gasteiger partial charge in [0.1, 0.15) is 28.2 Å². The Balaban J connectivity index is 1.74. The summed E-state index contributed by atoms with van der Waals surface area (Å²) in [6.45, 7) is 3.32. The van der Waals surface area contributed by atoms with E-state index in [2.05, 4.69) is 25.0 Å². The average molecular weight is 520 g/mol. The lowest BCUT2D eigenvalue weighted by atomic mass is 10.0. The molecule has 0 radical (unpaired) electrons. The van der Waals surface area contributed by atoms with Crippen LogP contribution in [0.5, 0.6) is 0 Å². The third kappa shape index (κ3) is 5.20. The molecule has 12 heteroatoms. The SMILES string of the molecule is Cc1cc(Nc2cc(-c3cnc(Cl)c(NS(=O)(=O)c4ccc(F)cc4F)c3C)c(F)cn2)ccn1. The van der Waals surface area contributed by atoms with Gasteiger partial charge >= 0.3 is 0 Å². The second-order valence-corrected chi connectivity index (χ2v) is 9.51. The molecule has 4 aromatic rings. The lowest BCUT2D eigenvalue weighted by molar-refractivity contribution is 0.551. The molecule has 2 N–H and O–H groups in total. The Kier molecular flexibility index (Phi) is 6.64. The summed E-state index contributed by atoms with van der Waals surface area (Å²) in [7, 11) is -4.51. The first-order chi connectivity index (χ1) is 16.5. The minimum absolute atomic E-state index is 0.0726. The molecular formula is C23H17ClF3N5O2S. The average Bonchev–Trinajstić information content (AvgIpc) is 2.78. The monoisotopic (exact) mass is 519 g/mol. The van der Waals surface area contributed by atoms with E-state index in [1.807, 2.05) is 6.92 Å². The Morgan fingerprint density at radius 1 is 0.886 bits per heavy atom. The molecule has 0 saturated heterocycles. The van der Waals surface area contributed by atoms with Gasteiger partial charge in [-0.25, -0.2) is 31.6 Å². The number of aryl methyl sites for hydroxylation is 1. The van der Waals surface area contributed by atoms with E-state index in [1.165, 1.54) is 19.2 Å². The highest BCUT2D eigenvalue weighted by molar-refractivity contribution is 7.92. The molecule has 0 fully saturated rings. The quantitative estimate of drug-likeness (QED) is 0.314. The molecule has 0 atom stereocenters. The second kappa shape index (κ2) is 9.51. The fraction of sp³-hybridized carbons (Fsp3) is 0.0870. The van der Waals surface area contributed by atoms with E-state index in [0.29, 0.717) is 17.6 Å². The number of nitrogens with zero attached hydrogens (tertiary/aromatic N) is 3. The zero-order valence-corrected chi connectivity index (χ0v) is 19.8. The van der Waals surface area contributed by atoms with Crippen LogP contribution in [0.1, 0.15) is 11.3 Å². The van der Waals surface area contributed by atoms with Gasteiger partial charge in [0, 0.05) is 41.0 Å². The Morgan fingerprint density at radius 2 is 1.66 bits per heavy atom. The summed E-state index contributed by atoms with van der Waals surface area (Å²) in [6.07, 6.45) is 3.90. The van der Waals surface area contributed by atoms with Crippen LogP contribution < -0.4 is 10.0 Å². The number of hydrogen-bond acceptors (Lipinski definition) is 6. The highest BCUT2D eigenvalue weighted by Gasteiger charge is 2.24. The van der Waals surface area contributed by atoms with Crippen molar-refractivity contribution in [3.8, 4) is 11.1 Å². The summed E-state index contributed by atoms with van der Waals surface area (Å²) >= 11 is 6.12. The maximum absolute atomic E-state index is 14.8. The van der Waals surface area contributed by atoms with Gasteiger partial charge in [-0.2, -0.15) is 0 Å². The predicted molar refractivity (Wildman–Crippen MR) is 127 cm³/mol. The van der Waals surface area contributed by atoms with Gasteiger partial charge < -0.3 is 5.32 Å². The van der Waals surface area contributed by atoms with Crippen LogP contribution in [-0.4, -0.2) is 23.4 Å². The Morgan fingerprint density at radius 3 is 2.37 bits per heavy atom. The molecule has 0 spiro atoms. The summed E-state index contributed by atoms with van der Waals surface area (Å²) < 4.78 is 69.9. The molecule has 1 aromatic carbocycles. The van der Waals surface area contributed by atoms with Gasteiger partial charge in [0.15, 0.2) is 5.15 Å². The topological polar surface area (TPSA) is 96.9 Å². The summed E-state index contributed by atoms with van der Waals surface area (Å²) in [5.74, 6) is -2.58. The number of nitrogens with one attached hydrogen (secondary N) is 2. The van der Waals surface area contributed by atoms with Gasteiger partial charge in [0.05, 0.1) is 11.9 Å². The first kappa shape index (κ1) is 24.4. The summed E-state index contributed by atoms with van der Waals surface area (Å²) in [4.78, 5) is 11.3. The van der Waals surface area contributed by atoms with Crippen LogP contribution in [0.3, 0.4) is 0 Å². The highest BCUT2D eigenvalue weighted by atomic mass is 35.5. The van der Waals surface area contributed by atoms with Crippen LogP contribution in [0.4, 0.5) is 30.4 Å². The zero-order chi connectivity index (χ0) is 25.3. The van der Waals surface area contributed by atoms with Gasteiger partial charge in [-0.15, -0.1) is 0 Å². The molecule has 0 bridgehead atoms. The van der Waals surface area contributed by atoms with Gasteiger partial charge in [-0.05, 0) is 49.7 Å². The van der Waals surface area contributed by atoms with Crippen LogP contribution in [0.2, 0.25) is 5.15 Å². The number of pyridine rings is 3. The van der Waals surface area contributed by atoms with E-state index in [0.717, 1.165) is 24.0 Å². The number of hydrogen-bond donors (Lipinski definition) is 2. The van der Waals surface area contributed by atoms with Crippen LogP contribution in [0.25, 0.3) is 11.1 Å². The molecule has 0 aliphatic carbocycles. The highest BCUT2D eigenvalue weighted by Crippen LogP contribution is 2.36. The molecule has 0 aliphatic rings. The van der Waals surface area contributed by atoms with E-state index in [-0.39, 0.29) is 27.5 Å². The third-order valence-electron chi connectivity index (χ3n) is 5.03. The fourth-order valence-electron chi connectivity index (χ4n) is 3.33. The Bertz CT molecular complexity index is 1550. The standard InChI is InChI=1S/C23H17ClF3N5O2S/c1-12-7-15(5-6-28-12)31-21-9-16(19(27)11-29-21)17-10-30-23(24)22(13(17)2)32-35(33,34)20-4-3-14(25)8-18(20)26/h3-11,32H,1-2H3,(H,28,29,31). The maximum Gasteiger partial charge on any atom is 0.264 e. The first-order valence-corrected chi connectivity index (χ1v) is 11.9. The van der Waals surface area contributed by atoms with Crippen molar-refractivity contribution in [2.75, 3.05) is 10.0 Å². The largest absolute Gasteiger partial charge is 0.340 e. The molecular weight excluding hydrogens is 503 g/mol. The second-order valence-electron chi connectivity index (χ2n) is 7.50. The number of sulfonamides is 1. The van der Waals surface area contributed by atoms with E-state index >= 15 is 0 Å². The van der Waals surface area contributed by atoms with E-state index in [9.17, 15) is 21.6 Å². The van der Waals surface area contributed by atoms with E-state index in [4.69, 9.17) is 11.6 Å². The summed E-state index contributed by atoms with van der Waals surface area (Å²) in [6, 6.07) is 6.97. The zero-order valence-electron chi connectivity index (χ0n) is 18.3. The van der Waals surface area contributed by atoms with Gasteiger partial charge in [0.25, 0.3) is 10.0 Å². The molecule has 0 saturated carbocycles. The number of halogens is 4. The number of benzene rings is 1. The van der Waals surface area contributed by atoms with Crippen molar-refractivity contribution in [3.05, 3.63) is 88.9 Å². The molecule has 35 heavy (non-hydrogen) atoms. The molecule has 7 nitrogen and oxygen atoms in total. The molecule has 4 rings (SSSR count). The molecule has 3 heterocycles. The van der Waals surface area contributed by atoms with Gasteiger partial charge in [-0.1, -0.05) is 11.6 Å². The molecule has 180 valence electrons. The van der Waals surface area contributed by atoms with Crippen LogP contribution >= 0.6 is 11.6 Å². The Hall–Kier alpha value is -3.70. The lowest BCUT2D eigenvalue weighted by Crippen LogP contribution is -2.16. The fourth-order valence-corrected chi connectivity index (χ4v) is 4.81. The smallest absolute Gasteiger partial charge is 0.264 e. The van der Waals surface area contributed by atoms with Crippen molar-refractivity contribution >= 4 is 38.8 Å². The third-order valence-corrected chi connectivity index (χ3v) is 6.70. The number of rotatable bonds is 6. The molecule has 0 aliphatic heterocycles. The van der Waals surface area contributed by atoms with Crippen molar-refractivity contribution in [1.82, 2.24) is 15.0 Å². The lowest BCUT2D eigenvalue weighted by Gasteiger charge is -2.16. The van der Waals surface area contributed by atoms with Crippen molar-refractivity contribution < 1.29 is 21.6 Å². The van der Waals surface area contributed by atoms with Crippen LogP contribution in [-0.2, 0) is 10.0 Å². The minimum Gasteiger partial charge on any atom is -0.340 e. The maximum atomic E-state index is 14.8. The van der Waals surface area contributed by atoms with Crippen molar-refractivity contribution in [1.29, 1.82) is 0 Å². The summed E-state index contributed by atoms with van der Waals surface area (Å²) in [5.41, 5.74) is 1.80. The Labute approximate surface area is 204 Å².